The van der Waals surface area contributed by atoms with E-state index in [1.54, 1.807) is 18.0 Å². The fourth-order valence-corrected chi connectivity index (χ4v) is 3.66. The van der Waals surface area contributed by atoms with Crippen LogP contribution in [-0.2, 0) is 24.7 Å². The lowest BCUT2D eigenvalue weighted by atomic mass is 9.83. The zero-order valence-corrected chi connectivity index (χ0v) is 13.6. The number of hydrogen-bond donors (Lipinski definition) is 1. The van der Waals surface area contributed by atoms with Crippen LogP contribution in [0.15, 0.2) is 41.8 Å². The van der Waals surface area contributed by atoms with E-state index in [4.69, 9.17) is 0 Å². The summed E-state index contributed by atoms with van der Waals surface area (Å²) in [5, 5.41) is 4.06. The van der Waals surface area contributed by atoms with Gasteiger partial charge in [0.2, 0.25) is 5.91 Å². The molecule has 1 heterocycles. The Hall–Kier alpha value is -1.75. The molecule has 0 radical (unpaired) electrons. The van der Waals surface area contributed by atoms with Crippen LogP contribution in [0.1, 0.15) is 17.5 Å². The van der Waals surface area contributed by atoms with Gasteiger partial charge in [0.25, 0.3) is 0 Å². The number of carbonyl (C=O) groups is 1. The lowest BCUT2D eigenvalue weighted by Crippen LogP contribution is -2.35. The molecule has 1 aliphatic rings. The number of fused-ring (bicyclic) bond motifs is 1. The molecular formula is C17H21N3OS. The van der Waals surface area contributed by atoms with Crippen LogP contribution in [0.3, 0.4) is 0 Å². The molecule has 4 nitrogen and oxygen atoms in total. The quantitative estimate of drug-likeness (QED) is 0.681. The van der Waals surface area contributed by atoms with Crippen LogP contribution >= 0.6 is 11.8 Å². The SMILES string of the molecule is Cn1ccnc1SCCNC(=O)[C@H]1CCc2ccccc2C1. The van der Waals surface area contributed by atoms with Crippen molar-refractivity contribution >= 4 is 17.7 Å². The van der Waals surface area contributed by atoms with E-state index in [-0.39, 0.29) is 11.8 Å². The molecule has 1 aromatic heterocycles. The number of amides is 1. The van der Waals surface area contributed by atoms with Gasteiger partial charge in [-0.1, -0.05) is 36.0 Å². The summed E-state index contributed by atoms with van der Waals surface area (Å²) in [6.45, 7) is 0.689. The van der Waals surface area contributed by atoms with Crippen molar-refractivity contribution < 1.29 is 4.79 Å². The number of carbonyl (C=O) groups excluding carboxylic acids is 1. The maximum Gasteiger partial charge on any atom is 0.223 e. The summed E-state index contributed by atoms with van der Waals surface area (Å²) in [4.78, 5) is 16.6. The second-order valence-corrected chi connectivity index (χ2v) is 6.73. The van der Waals surface area contributed by atoms with Crippen molar-refractivity contribution in [3.8, 4) is 0 Å². The Labute approximate surface area is 135 Å². The van der Waals surface area contributed by atoms with Crippen LogP contribution in [-0.4, -0.2) is 27.8 Å². The number of aromatic nitrogens is 2. The zero-order chi connectivity index (χ0) is 15.4. The van der Waals surface area contributed by atoms with Gasteiger partial charge < -0.3 is 9.88 Å². The molecule has 1 aliphatic carbocycles. The van der Waals surface area contributed by atoms with Crippen molar-refractivity contribution in [2.75, 3.05) is 12.3 Å². The summed E-state index contributed by atoms with van der Waals surface area (Å²) >= 11 is 1.67. The summed E-state index contributed by atoms with van der Waals surface area (Å²) in [5.41, 5.74) is 2.73. The van der Waals surface area contributed by atoms with Crippen LogP contribution in [0.2, 0.25) is 0 Å². The molecule has 1 atom stereocenters. The monoisotopic (exact) mass is 315 g/mol. The van der Waals surface area contributed by atoms with E-state index < -0.39 is 0 Å². The standard InChI is InChI=1S/C17H21N3OS/c1-20-10-8-19-17(20)22-11-9-18-16(21)15-7-6-13-4-2-3-5-14(13)12-15/h2-5,8,10,15H,6-7,9,11-12H2,1H3,(H,18,21)/t15-/m0/s1. The number of hydrogen-bond acceptors (Lipinski definition) is 3. The van der Waals surface area contributed by atoms with E-state index in [1.165, 1.54) is 11.1 Å². The first kappa shape index (κ1) is 15.2. The van der Waals surface area contributed by atoms with Crippen molar-refractivity contribution in [3.63, 3.8) is 0 Å². The lowest BCUT2D eigenvalue weighted by molar-refractivity contribution is -0.125. The van der Waals surface area contributed by atoms with E-state index >= 15 is 0 Å². The van der Waals surface area contributed by atoms with Crippen molar-refractivity contribution in [2.45, 2.75) is 24.4 Å². The second kappa shape index (κ2) is 7.01. The molecule has 1 N–H and O–H groups in total. The number of thioether (sulfide) groups is 1. The molecule has 5 heteroatoms. The Morgan fingerprint density at radius 3 is 3.00 bits per heavy atom. The molecule has 0 spiro atoms. The van der Waals surface area contributed by atoms with Crippen molar-refractivity contribution in [1.82, 2.24) is 14.9 Å². The molecule has 1 amide bonds. The molecule has 1 aromatic carbocycles. The molecule has 0 saturated carbocycles. The average Bonchev–Trinajstić information content (AvgIpc) is 2.96. The third kappa shape index (κ3) is 3.53. The Bertz CT molecular complexity index is 653. The minimum atomic E-state index is 0.119. The van der Waals surface area contributed by atoms with E-state index in [2.05, 4.69) is 34.6 Å². The Morgan fingerprint density at radius 1 is 1.41 bits per heavy atom. The molecule has 0 unspecified atom stereocenters. The maximum atomic E-state index is 12.3. The zero-order valence-electron chi connectivity index (χ0n) is 12.8. The van der Waals surface area contributed by atoms with Crippen LogP contribution in [0, 0.1) is 5.92 Å². The summed E-state index contributed by atoms with van der Waals surface area (Å²) < 4.78 is 1.99. The smallest absolute Gasteiger partial charge is 0.223 e. The van der Waals surface area contributed by atoms with E-state index in [0.717, 1.165) is 30.2 Å². The predicted molar refractivity (Wildman–Crippen MR) is 88.9 cm³/mol. The maximum absolute atomic E-state index is 12.3. The minimum Gasteiger partial charge on any atom is -0.355 e. The molecule has 22 heavy (non-hydrogen) atoms. The summed E-state index contributed by atoms with van der Waals surface area (Å²) in [6, 6.07) is 8.45. The Balaban J connectivity index is 1.44. The van der Waals surface area contributed by atoms with Crippen LogP contribution in [0.5, 0.6) is 0 Å². The Morgan fingerprint density at radius 2 is 2.23 bits per heavy atom. The minimum absolute atomic E-state index is 0.119. The van der Waals surface area contributed by atoms with Crippen molar-refractivity contribution in [3.05, 3.63) is 47.8 Å². The van der Waals surface area contributed by atoms with Gasteiger partial charge in [0, 0.05) is 37.7 Å². The normalized spacial score (nSPS) is 17.0. The summed E-state index contributed by atoms with van der Waals surface area (Å²) in [6.07, 6.45) is 6.56. The van der Waals surface area contributed by atoms with Crippen LogP contribution in [0.4, 0.5) is 0 Å². The third-order valence-electron chi connectivity index (χ3n) is 4.13. The average molecular weight is 315 g/mol. The Kier molecular flexibility index (Phi) is 4.83. The first-order valence-electron chi connectivity index (χ1n) is 7.68. The first-order chi connectivity index (χ1) is 10.7. The molecule has 0 saturated heterocycles. The number of rotatable bonds is 5. The predicted octanol–water partition coefficient (Wildman–Crippen LogP) is 2.43. The topological polar surface area (TPSA) is 46.9 Å². The summed E-state index contributed by atoms with van der Waals surface area (Å²) in [5.74, 6) is 1.16. The highest BCUT2D eigenvalue weighted by Gasteiger charge is 2.23. The third-order valence-corrected chi connectivity index (χ3v) is 5.19. The van der Waals surface area contributed by atoms with E-state index in [9.17, 15) is 4.79 Å². The van der Waals surface area contributed by atoms with Gasteiger partial charge >= 0.3 is 0 Å². The van der Waals surface area contributed by atoms with Gasteiger partial charge in [-0.25, -0.2) is 4.98 Å². The number of aryl methyl sites for hydroxylation is 2. The lowest BCUT2D eigenvalue weighted by Gasteiger charge is -2.23. The number of benzene rings is 1. The second-order valence-electron chi connectivity index (χ2n) is 5.67. The fourth-order valence-electron chi connectivity index (χ4n) is 2.87. The van der Waals surface area contributed by atoms with E-state index in [0.29, 0.717) is 6.54 Å². The van der Waals surface area contributed by atoms with Gasteiger partial charge in [-0.05, 0) is 30.4 Å². The van der Waals surface area contributed by atoms with Crippen molar-refractivity contribution in [1.29, 1.82) is 0 Å². The molecule has 2 aromatic rings. The van der Waals surface area contributed by atoms with E-state index in [1.807, 2.05) is 17.8 Å². The highest BCUT2D eigenvalue weighted by Crippen LogP contribution is 2.25. The van der Waals surface area contributed by atoms with Gasteiger partial charge in [0.15, 0.2) is 5.16 Å². The van der Waals surface area contributed by atoms with Gasteiger partial charge in [-0.3, -0.25) is 4.79 Å². The number of nitrogens with zero attached hydrogens (tertiary/aromatic N) is 2. The molecular weight excluding hydrogens is 294 g/mol. The van der Waals surface area contributed by atoms with Crippen LogP contribution < -0.4 is 5.32 Å². The molecule has 0 aliphatic heterocycles. The van der Waals surface area contributed by atoms with Gasteiger partial charge in [-0.15, -0.1) is 0 Å². The highest BCUT2D eigenvalue weighted by molar-refractivity contribution is 7.99. The van der Waals surface area contributed by atoms with Gasteiger partial charge in [0.05, 0.1) is 0 Å². The largest absolute Gasteiger partial charge is 0.355 e. The number of imidazole rings is 1. The summed E-state index contributed by atoms with van der Waals surface area (Å²) in [7, 11) is 1.98. The van der Waals surface area contributed by atoms with Crippen molar-refractivity contribution in [2.24, 2.45) is 13.0 Å². The molecule has 0 bridgehead atoms. The van der Waals surface area contributed by atoms with Gasteiger partial charge in [0.1, 0.15) is 0 Å². The van der Waals surface area contributed by atoms with Gasteiger partial charge in [-0.2, -0.15) is 0 Å². The number of nitrogens with one attached hydrogen (secondary N) is 1. The van der Waals surface area contributed by atoms with Crippen LogP contribution in [0.25, 0.3) is 0 Å². The molecule has 3 rings (SSSR count). The molecule has 116 valence electrons. The molecule has 0 fully saturated rings. The fraction of sp³-hybridized carbons (Fsp3) is 0.412. The highest BCUT2D eigenvalue weighted by atomic mass is 32.2. The first-order valence-corrected chi connectivity index (χ1v) is 8.67.